The Labute approximate surface area is 283 Å². The molecule has 266 valence electrons. The molecule has 6 rings (SSSR count). The molecule has 10 atom stereocenters. The van der Waals surface area contributed by atoms with E-state index in [0.29, 0.717) is 12.8 Å². The molecular formula is C35H43NO13. The number of ketones is 2. The number of aromatic hydroxyl groups is 2. The second-order valence-electron chi connectivity index (χ2n) is 13.2. The van der Waals surface area contributed by atoms with Gasteiger partial charge in [0, 0.05) is 42.0 Å². The summed E-state index contributed by atoms with van der Waals surface area (Å²) in [5, 5.41) is 45.7. The summed E-state index contributed by atoms with van der Waals surface area (Å²) in [5.74, 6) is -5.37. The third kappa shape index (κ3) is 5.78. The number of benzene rings is 2. The Morgan fingerprint density at radius 2 is 1.63 bits per heavy atom. The number of phenols is 2. The molecule has 2 aliphatic heterocycles. The van der Waals surface area contributed by atoms with E-state index >= 15 is 0 Å². The minimum atomic E-state index is -1.88. The van der Waals surface area contributed by atoms with E-state index in [1.807, 2.05) is 0 Å². The fourth-order valence-electron chi connectivity index (χ4n) is 7.71. The van der Waals surface area contributed by atoms with Crippen molar-refractivity contribution in [1.82, 2.24) is 0 Å². The summed E-state index contributed by atoms with van der Waals surface area (Å²) >= 11 is 0. The second-order valence-corrected chi connectivity index (χ2v) is 13.2. The lowest BCUT2D eigenvalue weighted by Crippen LogP contribution is -2.55. The number of fused-ring (bicyclic) bond motifs is 3. The lowest BCUT2D eigenvalue weighted by Gasteiger charge is -2.46. The van der Waals surface area contributed by atoms with Crippen molar-refractivity contribution in [2.45, 2.75) is 114 Å². The Bertz CT molecular complexity index is 1650. The van der Waals surface area contributed by atoms with Gasteiger partial charge >= 0.3 is 5.97 Å². The van der Waals surface area contributed by atoms with E-state index in [4.69, 9.17) is 34.2 Å². The molecule has 0 bridgehead atoms. The number of nitrogens with two attached hydrogens (primary N) is 1. The Kier molecular flexibility index (Phi) is 9.52. The summed E-state index contributed by atoms with van der Waals surface area (Å²) in [4.78, 5) is 41.2. The van der Waals surface area contributed by atoms with Gasteiger partial charge in [-0.3, -0.25) is 14.4 Å². The van der Waals surface area contributed by atoms with Gasteiger partial charge in [0.05, 0.1) is 60.9 Å². The summed E-state index contributed by atoms with van der Waals surface area (Å²) in [6, 6.07) is 3.80. The highest BCUT2D eigenvalue weighted by Crippen LogP contribution is 2.57. The number of hydrogen-bond acceptors (Lipinski definition) is 14. The lowest BCUT2D eigenvalue weighted by molar-refractivity contribution is -0.293. The lowest BCUT2D eigenvalue weighted by atomic mass is 9.66. The Hall–Kier alpha value is -3.63. The highest BCUT2D eigenvalue weighted by atomic mass is 16.7. The van der Waals surface area contributed by atoms with E-state index in [2.05, 4.69) is 0 Å². The van der Waals surface area contributed by atoms with E-state index in [1.165, 1.54) is 25.3 Å². The predicted molar refractivity (Wildman–Crippen MR) is 169 cm³/mol. The minimum Gasteiger partial charge on any atom is -0.507 e. The van der Waals surface area contributed by atoms with Gasteiger partial charge < -0.3 is 54.6 Å². The van der Waals surface area contributed by atoms with Crippen LogP contribution in [0.4, 0.5) is 0 Å². The van der Waals surface area contributed by atoms with Crippen molar-refractivity contribution in [3.05, 3.63) is 51.6 Å². The molecule has 4 aliphatic rings. The van der Waals surface area contributed by atoms with Gasteiger partial charge in [-0.1, -0.05) is 19.1 Å². The first-order chi connectivity index (χ1) is 23.3. The van der Waals surface area contributed by atoms with Crippen LogP contribution < -0.4 is 10.5 Å². The van der Waals surface area contributed by atoms with Crippen molar-refractivity contribution in [2.75, 3.05) is 14.2 Å². The van der Waals surface area contributed by atoms with E-state index in [1.54, 1.807) is 20.8 Å². The molecule has 2 heterocycles. The van der Waals surface area contributed by atoms with Crippen molar-refractivity contribution < 1.29 is 63.2 Å². The molecular weight excluding hydrogens is 642 g/mol. The summed E-state index contributed by atoms with van der Waals surface area (Å²) < 4.78 is 34.9. The van der Waals surface area contributed by atoms with Crippen LogP contribution in [0.1, 0.15) is 108 Å². The maximum atomic E-state index is 14.0. The zero-order valence-electron chi connectivity index (χ0n) is 28.0. The topological polar surface area (TPSA) is 214 Å². The average molecular weight is 686 g/mol. The quantitative estimate of drug-likeness (QED) is 0.179. The third-order valence-electron chi connectivity index (χ3n) is 10.4. The van der Waals surface area contributed by atoms with Gasteiger partial charge in [0.25, 0.3) is 0 Å². The first-order valence-corrected chi connectivity index (χ1v) is 16.5. The summed E-state index contributed by atoms with van der Waals surface area (Å²) in [6.07, 6.45) is -4.24. The maximum absolute atomic E-state index is 14.0. The van der Waals surface area contributed by atoms with E-state index in [9.17, 15) is 34.8 Å². The molecule has 2 aliphatic carbocycles. The fourth-order valence-corrected chi connectivity index (χ4v) is 7.71. The van der Waals surface area contributed by atoms with Gasteiger partial charge in [0.15, 0.2) is 18.4 Å². The van der Waals surface area contributed by atoms with Crippen LogP contribution in [0.25, 0.3) is 0 Å². The van der Waals surface area contributed by atoms with Gasteiger partial charge in [0.2, 0.25) is 5.78 Å². The smallest absolute Gasteiger partial charge is 0.316 e. The van der Waals surface area contributed by atoms with Crippen LogP contribution in [0.3, 0.4) is 0 Å². The van der Waals surface area contributed by atoms with Gasteiger partial charge in [-0.25, -0.2) is 0 Å². The van der Waals surface area contributed by atoms with E-state index in [-0.39, 0.29) is 47.3 Å². The molecule has 0 spiro atoms. The predicted octanol–water partition coefficient (Wildman–Crippen LogP) is 2.47. The van der Waals surface area contributed by atoms with Crippen LogP contribution >= 0.6 is 0 Å². The summed E-state index contributed by atoms with van der Waals surface area (Å²) in [6.45, 7) is 5.15. The second kappa shape index (κ2) is 13.2. The number of methoxy groups -OCH3 is 2. The number of carbonyl (C=O) groups is 3. The number of hydrogen-bond donors (Lipinski definition) is 5. The van der Waals surface area contributed by atoms with Crippen molar-refractivity contribution >= 4 is 17.5 Å². The normalized spacial score (nSPS) is 34.1. The van der Waals surface area contributed by atoms with Crippen molar-refractivity contribution in [2.24, 2.45) is 5.73 Å². The summed E-state index contributed by atoms with van der Waals surface area (Å²) in [7, 11) is 2.45. The van der Waals surface area contributed by atoms with Crippen LogP contribution in [-0.4, -0.2) is 101 Å². The molecule has 0 saturated carbocycles. The van der Waals surface area contributed by atoms with Crippen LogP contribution in [0.2, 0.25) is 0 Å². The molecule has 6 N–H and O–H groups in total. The minimum absolute atomic E-state index is 0.0118. The number of ether oxygens (including phenoxy) is 6. The highest BCUT2D eigenvalue weighted by Gasteiger charge is 2.55. The molecule has 2 fully saturated rings. The Balaban J connectivity index is 1.40. The van der Waals surface area contributed by atoms with E-state index in [0.717, 1.165) is 7.11 Å². The molecule has 14 nitrogen and oxygen atoms in total. The Morgan fingerprint density at radius 3 is 2.27 bits per heavy atom. The SMILES string of the molecule is CC[C@@]1(O)C[C@H](O[C@H]2C[C@H](N)[C@H](O[C@H]3CC[C@H](O)[C@H](C)O3)[C@H](C)O2)c2c(O)c3c(c(O)c2[C@H]1C(=O)OC)C(=O)c1cccc(OC)c1C3=O. The third-order valence-corrected chi connectivity index (χ3v) is 10.4. The van der Waals surface area contributed by atoms with Crippen LogP contribution in [-0.2, 0) is 28.5 Å². The van der Waals surface area contributed by atoms with Crippen LogP contribution in [0.5, 0.6) is 17.2 Å². The zero-order chi connectivity index (χ0) is 35.5. The molecule has 0 radical (unpaired) electrons. The standard InChI is InChI=1S/C35H43NO13/c1-6-35(43)13-20(48-22-12-17(36)33(15(3)47-22)49-21-11-10-18(37)14(2)46-21)24-25(28(35)34(42)45-5)32(41)26-27(31(24)40)30(39)23-16(29(26)38)8-7-9-19(23)44-4/h7-9,14-15,17-18,20-22,28,33,37,40-41,43H,6,10-13,36H2,1-5H3/t14-,15-,17-,18-,20-,21-,22-,28-,33+,35+/m0/s1. The number of aliphatic hydroxyl groups excluding tert-OH is 1. The summed E-state index contributed by atoms with van der Waals surface area (Å²) in [5.41, 5.74) is 3.11. The highest BCUT2D eigenvalue weighted by molar-refractivity contribution is 6.31. The van der Waals surface area contributed by atoms with Gasteiger partial charge in [-0.05, 0) is 32.8 Å². The number of carbonyl (C=O) groups excluding carboxylic acids is 3. The van der Waals surface area contributed by atoms with Gasteiger partial charge in [0.1, 0.15) is 29.3 Å². The largest absolute Gasteiger partial charge is 0.507 e. The van der Waals surface area contributed by atoms with Crippen molar-refractivity contribution in [3.8, 4) is 17.2 Å². The molecule has 2 aromatic rings. The molecule has 49 heavy (non-hydrogen) atoms. The molecule has 2 aromatic carbocycles. The Morgan fingerprint density at radius 1 is 0.959 bits per heavy atom. The average Bonchev–Trinajstić information content (AvgIpc) is 3.07. The molecule has 0 aromatic heterocycles. The maximum Gasteiger partial charge on any atom is 0.316 e. The number of esters is 1. The number of rotatable bonds is 7. The van der Waals surface area contributed by atoms with Gasteiger partial charge in [-0.15, -0.1) is 0 Å². The van der Waals surface area contributed by atoms with Gasteiger partial charge in [-0.2, -0.15) is 0 Å². The van der Waals surface area contributed by atoms with Crippen molar-refractivity contribution in [1.29, 1.82) is 0 Å². The van der Waals surface area contributed by atoms with E-state index < -0.39 is 101 Å². The number of phenolic OH excluding ortho intramolecular Hbond substituents is 2. The van der Waals surface area contributed by atoms with Crippen molar-refractivity contribution in [3.63, 3.8) is 0 Å². The first kappa shape index (κ1) is 35.2. The number of aliphatic hydroxyl groups is 2. The monoisotopic (exact) mass is 685 g/mol. The van der Waals surface area contributed by atoms with Crippen LogP contribution in [0.15, 0.2) is 18.2 Å². The zero-order valence-corrected chi connectivity index (χ0v) is 28.0. The molecule has 0 unspecified atom stereocenters. The fraction of sp³-hybridized carbons (Fsp3) is 0.571. The van der Waals surface area contributed by atoms with Crippen LogP contribution in [0, 0.1) is 0 Å². The molecule has 14 heteroatoms. The molecule has 2 saturated heterocycles. The molecule has 0 amide bonds. The first-order valence-electron chi connectivity index (χ1n) is 16.5.